The van der Waals surface area contributed by atoms with Crippen molar-refractivity contribution in [2.24, 2.45) is 5.73 Å². The van der Waals surface area contributed by atoms with Gasteiger partial charge in [-0.05, 0) is 42.5 Å². The van der Waals surface area contributed by atoms with E-state index < -0.39 is 30.2 Å². The Labute approximate surface area is 165 Å². The van der Waals surface area contributed by atoms with Gasteiger partial charge in [-0.1, -0.05) is 11.6 Å². The number of benzene rings is 2. The molecule has 0 aliphatic carbocycles. The third kappa shape index (κ3) is 5.68. The van der Waals surface area contributed by atoms with Crippen LogP contribution < -0.4 is 15.4 Å². The van der Waals surface area contributed by atoms with Gasteiger partial charge in [-0.3, -0.25) is 9.59 Å². The van der Waals surface area contributed by atoms with E-state index in [2.05, 4.69) is 0 Å². The molecule has 0 aromatic heterocycles. The van der Waals surface area contributed by atoms with E-state index in [0.29, 0.717) is 10.7 Å². The first-order chi connectivity index (χ1) is 13.3. The van der Waals surface area contributed by atoms with E-state index >= 15 is 0 Å². The summed E-state index contributed by atoms with van der Waals surface area (Å²) in [6.45, 7) is -0.650. The Morgan fingerprint density at radius 1 is 1.14 bits per heavy atom. The molecule has 0 saturated carbocycles. The Balaban J connectivity index is 2.12. The molecule has 28 heavy (non-hydrogen) atoms. The summed E-state index contributed by atoms with van der Waals surface area (Å²) in [5.74, 6) is -2.26. The first-order valence-electron chi connectivity index (χ1n) is 8.16. The third-order valence-electron chi connectivity index (χ3n) is 3.73. The second-order valence-corrected chi connectivity index (χ2v) is 6.10. The molecular weight excluding hydrogens is 391 g/mol. The van der Waals surface area contributed by atoms with Crippen molar-refractivity contribution in [1.82, 2.24) is 0 Å². The number of carbonyl (C=O) groups is 3. The molecule has 0 spiro atoms. The molecule has 0 atom stereocenters. The maximum Gasteiger partial charge on any atom is 0.342 e. The average Bonchev–Trinajstić information content (AvgIpc) is 2.67. The Hall–Kier alpha value is -3.13. The highest BCUT2D eigenvalue weighted by Gasteiger charge is 2.21. The predicted molar refractivity (Wildman–Crippen MR) is 101 cm³/mol. The van der Waals surface area contributed by atoms with Crippen molar-refractivity contribution in [2.75, 3.05) is 25.2 Å². The van der Waals surface area contributed by atoms with Crippen LogP contribution in [0.1, 0.15) is 16.8 Å². The summed E-state index contributed by atoms with van der Waals surface area (Å²) in [4.78, 5) is 37.1. The minimum Gasteiger partial charge on any atom is -0.496 e. The van der Waals surface area contributed by atoms with E-state index in [0.717, 1.165) is 0 Å². The molecule has 0 saturated heterocycles. The standard InChI is InChI=1S/C19H18ClFN2O5/c1-27-16-7-2-12(20)10-15(16)19(26)28-11-18(25)23(9-8-17(22)24)14-5-3-13(21)4-6-14/h2-7,10H,8-9,11H2,1H3,(H2,22,24). The minimum absolute atomic E-state index is 0.0438. The number of primary amides is 1. The molecule has 7 nitrogen and oxygen atoms in total. The van der Waals surface area contributed by atoms with Crippen molar-refractivity contribution in [3.05, 3.63) is 58.9 Å². The lowest BCUT2D eigenvalue weighted by molar-refractivity contribution is -0.121. The lowest BCUT2D eigenvalue weighted by Crippen LogP contribution is -2.37. The molecule has 0 heterocycles. The zero-order valence-electron chi connectivity index (χ0n) is 15.0. The number of ether oxygens (including phenoxy) is 2. The monoisotopic (exact) mass is 408 g/mol. The Kier molecular flexibility index (Phi) is 7.34. The van der Waals surface area contributed by atoms with E-state index in [1.54, 1.807) is 6.07 Å². The molecule has 0 aliphatic rings. The smallest absolute Gasteiger partial charge is 0.342 e. The first kappa shape index (κ1) is 21.2. The number of halogens is 2. The highest BCUT2D eigenvalue weighted by Crippen LogP contribution is 2.23. The quantitative estimate of drug-likeness (QED) is 0.677. The summed E-state index contributed by atoms with van der Waals surface area (Å²) in [5.41, 5.74) is 5.54. The summed E-state index contributed by atoms with van der Waals surface area (Å²) in [7, 11) is 1.38. The van der Waals surface area contributed by atoms with Crippen LogP contribution in [-0.4, -0.2) is 38.0 Å². The van der Waals surface area contributed by atoms with Crippen molar-refractivity contribution in [3.8, 4) is 5.75 Å². The zero-order valence-corrected chi connectivity index (χ0v) is 15.7. The van der Waals surface area contributed by atoms with Gasteiger partial charge in [-0.25, -0.2) is 9.18 Å². The Bertz CT molecular complexity index is 873. The number of nitrogens with zero attached hydrogens (tertiary/aromatic N) is 1. The highest BCUT2D eigenvalue weighted by molar-refractivity contribution is 6.31. The van der Waals surface area contributed by atoms with Crippen LogP contribution in [0.5, 0.6) is 5.75 Å². The predicted octanol–water partition coefficient (Wildman–Crippen LogP) is 2.55. The Morgan fingerprint density at radius 3 is 2.43 bits per heavy atom. The maximum absolute atomic E-state index is 13.1. The van der Waals surface area contributed by atoms with Gasteiger partial charge in [-0.2, -0.15) is 0 Å². The number of esters is 1. The highest BCUT2D eigenvalue weighted by atomic mass is 35.5. The van der Waals surface area contributed by atoms with Gasteiger partial charge in [0, 0.05) is 23.7 Å². The largest absolute Gasteiger partial charge is 0.496 e. The molecule has 148 valence electrons. The van der Waals surface area contributed by atoms with Crippen LogP contribution in [0.2, 0.25) is 5.02 Å². The van der Waals surface area contributed by atoms with E-state index in [1.807, 2.05) is 0 Å². The molecule has 2 N–H and O–H groups in total. The van der Waals surface area contributed by atoms with Gasteiger partial charge in [0.1, 0.15) is 17.1 Å². The number of hydrogen-bond donors (Lipinski definition) is 1. The molecule has 0 radical (unpaired) electrons. The maximum atomic E-state index is 13.1. The molecule has 0 unspecified atom stereocenters. The van der Waals surface area contributed by atoms with Gasteiger partial charge in [0.2, 0.25) is 5.91 Å². The van der Waals surface area contributed by atoms with Crippen LogP contribution >= 0.6 is 11.6 Å². The second kappa shape index (κ2) is 9.70. The molecule has 2 aromatic carbocycles. The van der Waals surface area contributed by atoms with Gasteiger partial charge in [0.25, 0.3) is 5.91 Å². The molecule has 2 rings (SSSR count). The fourth-order valence-electron chi connectivity index (χ4n) is 2.36. The van der Waals surface area contributed by atoms with Gasteiger partial charge >= 0.3 is 5.97 Å². The molecule has 2 amide bonds. The summed E-state index contributed by atoms with van der Waals surface area (Å²) in [6, 6.07) is 9.48. The van der Waals surface area contributed by atoms with Crippen molar-refractivity contribution in [3.63, 3.8) is 0 Å². The van der Waals surface area contributed by atoms with E-state index in [-0.39, 0.29) is 24.3 Å². The van der Waals surface area contributed by atoms with Crippen LogP contribution in [0.4, 0.5) is 10.1 Å². The molecule has 0 fully saturated rings. The zero-order chi connectivity index (χ0) is 20.7. The number of nitrogens with two attached hydrogens (primary N) is 1. The number of methoxy groups -OCH3 is 1. The van der Waals surface area contributed by atoms with Crippen LogP contribution in [0.15, 0.2) is 42.5 Å². The minimum atomic E-state index is -0.804. The second-order valence-electron chi connectivity index (χ2n) is 5.66. The molecule has 0 bridgehead atoms. The number of rotatable bonds is 8. The molecule has 2 aromatic rings. The molecule has 9 heteroatoms. The van der Waals surface area contributed by atoms with Crippen LogP contribution in [0.3, 0.4) is 0 Å². The molecule has 0 aliphatic heterocycles. The van der Waals surface area contributed by atoms with E-state index in [4.69, 9.17) is 26.8 Å². The van der Waals surface area contributed by atoms with Crippen molar-refractivity contribution < 1.29 is 28.2 Å². The van der Waals surface area contributed by atoms with Crippen LogP contribution in [0, 0.1) is 5.82 Å². The van der Waals surface area contributed by atoms with Gasteiger partial charge < -0.3 is 20.1 Å². The fraction of sp³-hybridized carbons (Fsp3) is 0.211. The molecular formula is C19H18ClFN2O5. The lowest BCUT2D eigenvalue weighted by atomic mass is 10.2. The van der Waals surface area contributed by atoms with Crippen molar-refractivity contribution >= 4 is 35.1 Å². The van der Waals surface area contributed by atoms with Crippen LogP contribution in [-0.2, 0) is 14.3 Å². The number of anilines is 1. The number of amides is 2. The van der Waals surface area contributed by atoms with Gasteiger partial charge in [0.05, 0.1) is 7.11 Å². The number of hydrogen-bond acceptors (Lipinski definition) is 5. The first-order valence-corrected chi connectivity index (χ1v) is 8.54. The third-order valence-corrected chi connectivity index (χ3v) is 3.96. The van der Waals surface area contributed by atoms with Crippen molar-refractivity contribution in [2.45, 2.75) is 6.42 Å². The van der Waals surface area contributed by atoms with E-state index in [1.165, 1.54) is 48.4 Å². The Morgan fingerprint density at radius 2 is 1.82 bits per heavy atom. The fourth-order valence-corrected chi connectivity index (χ4v) is 2.54. The SMILES string of the molecule is COc1ccc(Cl)cc1C(=O)OCC(=O)N(CCC(N)=O)c1ccc(F)cc1. The van der Waals surface area contributed by atoms with Gasteiger partial charge in [-0.15, -0.1) is 0 Å². The summed E-state index contributed by atoms with van der Waals surface area (Å²) >= 11 is 5.88. The van der Waals surface area contributed by atoms with E-state index in [9.17, 15) is 18.8 Å². The summed E-state index contributed by atoms with van der Waals surface area (Å²) < 4.78 is 23.3. The topological polar surface area (TPSA) is 98.9 Å². The summed E-state index contributed by atoms with van der Waals surface area (Å²) in [5, 5.41) is 0.300. The van der Waals surface area contributed by atoms with Crippen molar-refractivity contribution in [1.29, 1.82) is 0 Å². The average molecular weight is 409 g/mol. The van der Waals surface area contributed by atoms with Crippen LogP contribution in [0.25, 0.3) is 0 Å². The number of carbonyl (C=O) groups excluding carboxylic acids is 3. The summed E-state index contributed by atoms with van der Waals surface area (Å²) in [6.07, 6.45) is -0.112. The van der Waals surface area contributed by atoms with Gasteiger partial charge in [0.15, 0.2) is 6.61 Å². The normalized spacial score (nSPS) is 10.2. The lowest BCUT2D eigenvalue weighted by Gasteiger charge is -2.22.